The van der Waals surface area contributed by atoms with Crippen LogP contribution in [0.25, 0.3) is 0 Å². The van der Waals surface area contributed by atoms with E-state index in [1.54, 1.807) is 31.4 Å². The van der Waals surface area contributed by atoms with Gasteiger partial charge in [-0.15, -0.1) is 0 Å². The van der Waals surface area contributed by atoms with Crippen molar-refractivity contribution in [1.29, 1.82) is 0 Å². The number of methoxy groups -OCH3 is 3. The minimum absolute atomic E-state index is 0.104. The maximum atomic E-state index is 12.0. The Labute approximate surface area is 270 Å². The molecule has 11 heteroatoms. The van der Waals surface area contributed by atoms with E-state index in [1.807, 2.05) is 31.2 Å². The average Bonchev–Trinajstić information content (AvgIpc) is 3.53. The van der Waals surface area contributed by atoms with Crippen molar-refractivity contribution in [3.05, 3.63) is 76.6 Å². The first kappa shape index (κ1) is 34.5. The van der Waals surface area contributed by atoms with Gasteiger partial charge < -0.3 is 37.9 Å². The van der Waals surface area contributed by atoms with E-state index in [4.69, 9.17) is 37.9 Å². The van der Waals surface area contributed by atoms with Gasteiger partial charge in [-0.25, -0.2) is 9.78 Å². The normalized spacial score (nSPS) is 13.6. The molecule has 1 fully saturated rings. The first-order valence-corrected chi connectivity index (χ1v) is 15.4. The molecule has 1 saturated heterocycles. The maximum absolute atomic E-state index is 12.0. The lowest BCUT2D eigenvalue weighted by Gasteiger charge is -2.27. The minimum atomic E-state index is -0.854. The number of carbonyl (C=O) groups excluding carboxylic acids is 2. The molecule has 0 unspecified atom stereocenters. The molecule has 1 aliphatic rings. The highest BCUT2D eigenvalue weighted by atomic mass is 16.7. The quantitative estimate of drug-likeness (QED) is 0.136. The number of benzene rings is 2. The Balaban J connectivity index is 1.42. The summed E-state index contributed by atoms with van der Waals surface area (Å²) in [5.74, 6) is 0.894. The lowest BCUT2D eigenvalue weighted by Crippen LogP contribution is -2.24. The van der Waals surface area contributed by atoms with E-state index in [1.165, 1.54) is 14.2 Å². The largest absolute Gasteiger partial charge is 0.496 e. The van der Waals surface area contributed by atoms with Crippen molar-refractivity contribution in [2.75, 3.05) is 47.8 Å². The highest BCUT2D eigenvalue weighted by Crippen LogP contribution is 2.42. The smallest absolute Gasteiger partial charge is 0.356 e. The summed E-state index contributed by atoms with van der Waals surface area (Å²) in [5.41, 5.74) is 3.30. The molecule has 0 aliphatic carbocycles. The van der Waals surface area contributed by atoms with E-state index in [-0.39, 0.29) is 24.7 Å². The molecule has 0 atom stereocenters. The second kappa shape index (κ2) is 16.8. The van der Waals surface area contributed by atoms with Gasteiger partial charge in [0.1, 0.15) is 35.3 Å². The molecule has 2 aromatic carbocycles. The third kappa shape index (κ3) is 8.67. The van der Waals surface area contributed by atoms with Gasteiger partial charge >= 0.3 is 11.9 Å². The Morgan fingerprint density at radius 2 is 1.50 bits per heavy atom. The standard InChI is InChI=1S/C35H43NO10/c1-6-10-26-31(17-16-27(33(26)40-4)35(2)45-21-22-46-35)43-20-9-19-42-29-13-8-14-30(25(29)15-18-32(37)39-3)44-23-24-11-7-12-28(36-24)34(38)41-5/h7-8,11-14,16-17H,6,9-10,15,18-23H2,1-5H3. The summed E-state index contributed by atoms with van der Waals surface area (Å²) in [7, 11) is 4.31. The molecule has 248 valence electrons. The van der Waals surface area contributed by atoms with Crippen molar-refractivity contribution in [1.82, 2.24) is 4.98 Å². The van der Waals surface area contributed by atoms with Gasteiger partial charge in [0.2, 0.25) is 0 Å². The molecule has 4 rings (SSSR count). The summed E-state index contributed by atoms with van der Waals surface area (Å²) in [4.78, 5) is 28.2. The van der Waals surface area contributed by atoms with Crippen LogP contribution in [0.3, 0.4) is 0 Å². The number of rotatable bonds is 17. The summed E-state index contributed by atoms with van der Waals surface area (Å²) in [6.07, 6.45) is 2.79. The van der Waals surface area contributed by atoms with Crippen LogP contribution in [0, 0.1) is 0 Å². The minimum Gasteiger partial charge on any atom is -0.496 e. The van der Waals surface area contributed by atoms with Crippen molar-refractivity contribution < 1.29 is 47.5 Å². The van der Waals surface area contributed by atoms with E-state index >= 15 is 0 Å². The molecule has 0 radical (unpaired) electrons. The second-order valence-corrected chi connectivity index (χ2v) is 10.7. The molecule has 0 amide bonds. The average molecular weight is 638 g/mol. The van der Waals surface area contributed by atoms with Crippen LogP contribution in [0.1, 0.15) is 66.0 Å². The lowest BCUT2D eigenvalue weighted by molar-refractivity contribution is -0.150. The van der Waals surface area contributed by atoms with Gasteiger partial charge in [0.05, 0.1) is 59.0 Å². The zero-order chi connectivity index (χ0) is 32.9. The molecule has 1 aromatic heterocycles. The van der Waals surface area contributed by atoms with E-state index in [2.05, 4.69) is 11.9 Å². The molecular formula is C35H43NO10. The monoisotopic (exact) mass is 637 g/mol. The van der Waals surface area contributed by atoms with E-state index in [0.717, 1.165) is 41.0 Å². The van der Waals surface area contributed by atoms with E-state index < -0.39 is 11.8 Å². The van der Waals surface area contributed by atoms with Crippen LogP contribution in [0.2, 0.25) is 0 Å². The lowest BCUT2D eigenvalue weighted by atomic mass is 9.98. The summed E-state index contributed by atoms with van der Waals surface area (Å²) in [5, 5.41) is 0. The van der Waals surface area contributed by atoms with Gasteiger partial charge in [-0.1, -0.05) is 25.5 Å². The first-order valence-electron chi connectivity index (χ1n) is 15.4. The molecule has 0 N–H and O–H groups in total. The summed E-state index contributed by atoms with van der Waals surface area (Å²) in [6.45, 7) is 5.97. The SMILES string of the molecule is CCCc1c(OCCCOc2cccc(OCc3cccc(C(=O)OC)n3)c2CCC(=O)OC)ccc(C2(C)OCCO2)c1OC. The Kier molecular flexibility index (Phi) is 12.6. The van der Waals surface area contributed by atoms with Crippen LogP contribution in [0.5, 0.6) is 23.0 Å². The van der Waals surface area contributed by atoms with Crippen molar-refractivity contribution in [3.63, 3.8) is 0 Å². The second-order valence-electron chi connectivity index (χ2n) is 10.7. The molecule has 3 aromatic rings. The van der Waals surface area contributed by atoms with Gasteiger partial charge in [0, 0.05) is 24.0 Å². The Hall–Kier alpha value is -4.35. The van der Waals surface area contributed by atoms with Gasteiger partial charge in [-0.3, -0.25) is 4.79 Å². The molecule has 1 aliphatic heterocycles. The summed E-state index contributed by atoms with van der Waals surface area (Å²) in [6, 6.07) is 14.4. The van der Waals surface area contributed by atoms with E-state index in [0.29, 0.717) is 56.5 Å². The topological polar surface area (TPSA) is 121 Å². The molecule has 2 heterocycles. The van der Waals surface area contributed by atoms with Crippen LogP contribution >= 0.6 is 0 Å². The van der Waals surface area contributed by atoms with Gasteiger partial charge in [-0.2, -0.15) is 0 Å². The van der Waals surface area contributed by atoms with Crippen molar-refractivity contribution in [2.45, 2.75) is 58.3 Å². The van der Waals surface area contributed by atoms with Gasteiger partial charge in [0.25, 0.3) is 0 Å². The highest BCUT2D eigenvalue weighted by molar-refractivity contribution is 5.87. The third-order valence-corrected chi connectivity index (χ3v) is 7.53. The zero-order valence-electron chi connectivity index (χ0n) is 27.2. The molecule has 0 saturated carbocycles. The highest BCUT2D eigenvalue weighted by Gasteiger charge is 2.37. The summed E-state index contributed by atoms with van der Waals surface area (Å²) < 4.78 is 45.7. The fourth-order valence-corrected chi connectivity index (χ4v) is 5.24. The van der Waals surface area contributed by atoms with Crippen molar-refractivity contribution in [2.24, 2.45) is 0 Å². The van der Waals surface area contributed by atoms with Crippen LogP contribution in [0.15, 0.2) is 48.5 Å². The molecule has 0 bridgehead atoms. The first-order chi connectivity index (χ1) is 22.3. The Morgan fingerprint density at radius 1 is 0.826 bits per heavy atom. The molecule has 46 heavy (non-hydrogen) atoms. The van der Waals surface area contributed by atoms with E-state index in [9.17, 15) is 9.59 Å². The Morgan fingerprint density at radius 3 is 2.15 bits per heavy atom. The van der Waals surface area contributed by atoms with Crippen LogP contribution in [-0.2, 0) is 49.0 Å². The third-order valence-electron chi connectivity index (χ3n) is 7.53. The zero-order valence-corrected chi connectivity index (χ0v) is 27.2. The molecule has 11 nitrogen and oxygen atoms in total. The van der Waals surface area contributed by atoms with Gasteiger partial charge in [-0.05, 0) is 56.2 Å². The Bertz CT molecular complexity index is 1470. The number of nitrogens with zero attached hydrogens (tertiary/aromatic N) is 1. The van der Waals surface area contributed by atoms with Crippen LogP contribution in [-0.4, -0.2) is 64.7 Å². The predicted molar refractivity (Wildman–Crippen MR) is 169 cm³/mol. The maximum Gasteiger partial charge on any atom is 0.356 e. The van der Waals surface area contributed by atoms with Crippen LogP contribution in [0.4, 0.5) is 0 Å². The number of hydrogen-bond donors (Lipinski definition) is 0. The number of aromatic nitrogens is 1. The van der Waals surface area contributed by atoms with Crippen molar-refractivity contribution >= 4 is 11.9 Å². The molecule has 0 spiro atoms. The predicted octanol–water partition coefficient (Wildman–Crippen LogP) is 5.58. The number of hydrogen-bond acceptors (Lipinski definition) is 11. The number of esters is 2. The number of pyridine rings is 1. The number of carbonyl (C=O) groups is 2. The van der Waals surface area contributed by atoms with Crippen molar-refractivity contribution in [3.8, 4) is 23.0 Å². The van der Waals surface area contributed by atoms with Gasteiger partial charge in [0.15, 0.2) is 5.79 Å². The summed E-state index contributed by atoms with van der Waals surface area (Å²) >= 11 is 0. The fourth-order valence-electron chi connectivity index (χ4n) is 5.24. The molecular weight excluding hydrogens is 594 g/mol. The van der Waals surface area contributed by atoms with Crippen LogP contribution < -0.4 is 18.9 Å². The fraction of sp³-hybridized carbons (Fsp3) is 0.457. The number of ether oxygens (including phenoxy) is 8.